The third-order valence-electron chi connectivity index (χ3n) is 4.18. The quantitative estimate of drug-likeness (QED) is 0.473. The third kappa shape index (κ3) is 1.84. The van der Waals surface area contributed by atoms with Crippen LogP contribution in [0.4, 0.5) is 11.4 Å². The van der Waals surface area contributed by atoms with Gasteiger partial charge in [0.25, 0.3) is 0 Å². The minimum atomic E-state index is 0.0974. The fourth-order valence-electron chi connectivity index (χ4n) is 3.08. The lowest BCUT2D eigenvalue weighted by Gasteiger charge is -2.14. The average molecular weight is 270 g/mol. The Bertz CT molecular complexity index is 682. The van der Waals surface area contributed by atoms with Crippen LogP contribution in [0.3, 0.4) is 0 Å². The van der Waals surface area contributed by atoms with E-state index in [-0.39, 0.29) is 17.4 Å². The van der Waals surface area contributed by atoms with Gasteiger partial charge in [0, 0.05) is 5.92 Å². The molecule has 2 unspecified atom stereocenters. The van der Waals surface area contributed by atoms with E-state index in [1.54, 1.807) is 18.2 Å². The Kier molecular flexibility index (Phi) is 2.74. The number of phenols is 2. The zero-order valence-corrected chi connectivity index (χ0v) is 11.3. The molecule has 4 nitrogen and oxygen atoms in total. The molecule has 2 aromatic rings. The molecule has 0 heterocycles. The van der Waals surface area contributed by atoms with E-state index in [4.69, 9.17) is 11.5 Å². The Morgan fingerprint density at radius 2 is 1.65 bits per heavy atom. The van der Waals surface area contributed by atoms with Crippen molar-refractivity contribution in [2.45, 2.75) is 25.2 Å². The van der Waals surface area contributed by atoms with Crippen LogP contribution in [0.1, 0.15) is 41.9 Å². The van der Waals surface area contributed by atoms with E-state index in [1.807, 2.05) is 12.1 Å². The summed E-state index contributed by atoms with van der Waals surface area (Å²) in [5, 5.41) is 19.4. The summed E-state index contributed by atoms with van der Waals surface area (Å²) in [7, 11) is 0. The zero-order chi connectivity index (χ0) is 14.4. The van der Waals surface area contributed by atoms with Crippen LogP contribution < -0.4 is 11.5 Å². The summed E-state index contributed by atoms with van der Waals surface area (Å²) in [5.74, 6) is 0.775. The van der Waals surface area contributed by atoms with Crippen LogP contribution in [0.2, 0.25) is 0 Å². The molecule has 0 aliphatic heterocycles. The lowest BCUT2D eigenvalue weighted by atomic mass is 9.92. The van der Waals surface area contributed by atoms with Crippen molar-refractivity contribution < 1.29 is 10.2 Å². The molecule has 104 valence electrons. The second-order valence-corrected chi connectivity index (χ2v) is 5.55. The van der Waals surface area contributed by atoms with Crippen LogP contribution in [0.25, 0.3) is 0 Å². The van der Waals surface area contributed by atoms with Crippen molar-refractivity contribution in [2.24, 2.45) is 0 Å². The van der Waals surface area contributed by atoms with Gasteiger partial charge in [-0.05, 0) is 53.3 Å². The molecule has 4 heteroatoms. The highest BCUT2D eigenvalue weighted by molar-refractivity contribution is 5.62. The van der Waals surface area contributed by atoms with Gasteiger partial charge in [-0.15, -0.1) is 0 Å². The minimum absolute atomic E-state index is 0.0974. The van der Waals surface area contributed by atoms with Gasteiger partial charge in [-0.3, -0.25) is 0 Å². The van der Waals surface area contributed by atoms with Crippen LogP contribution in [-0.4, -0.2) is 10.2 Å². The smallest absolute Gasteiger partial charge is 0.138 e. The van der Waals surface area contributed by atoms with Crippen LogP contribution >= 0.6 is 0 Å². The maximum absolute atomic E-state index is 9.84. The monoisotopic (exact) mass is 270 g/mol. The van der Waals surface area contributed by atoms with Gasteiger partial charge < -0.3 is 21.7 Å². The number of hydrogen-bond donors (Lipinski definition) is 4. The van der Waals surface area contributed by atoms with E-state index in [9.17, 15) is 10.2 Å². The van der Waals surface area contributed by atoms with Crippen LogP contribution in [0.15, 0.2) is 30.3 Å². The van der Waals surface area contributed by atoms with Crippen LogP contribution in [0.5, 0.6) is 11.5 Å². The molecule has 20 heavy (non-hydrogen) atoms. The van der Waals surface area contributed by atoms with Gasteiger partial charge in [-0.1, -0.05) is 13.0 Å². The highest BCUT2D eigenvalue weighted by Gasteiger charge is 2.30. The molecule has 1 aliphatic carbocycles. The topological polar surface area (TPSA) is 92.5 Å². The molecular weight excluding hydrogens is 252 g/mol. The Morgan fingerprint density at radius 1 is 0.950 bits per heavy atom. The number of phenolic OH excluding ortho intramolecular Hbond substituents is 2. The average Bonchev–Trinajstić information content (AvgIpc) is 2.71. The Morgan fingerprint density at radius 3 is 2.35 bits per heavy atom. The normalized spacial score (nSPS) is 20.9. The number of benzene rings is 2. The Balaban J connectivity index is 2.10. The van der Waals surface area contributed by atoms with Crippen molar-refractivity contribution in [1.29, 1.82) is 0 Å². The summed E-state index contributed by atoms with van der Waals surface area (Å²) in [6.07, 6.45) is 0.947. The van der Waals surface area contributed by atoms with Crippen LogP contribution in [-0.2, 0) is 0 Å². The first-order chi connectivity index (χ1) is 9.47. The summed E-state index contributed by atoms with van der Waals surface area (Å²) >= 11 is 0. The van der Waals surface area contributed by atoms with E-state index >= 15 is 0 Å². The highest BCUT2D eigenvalue weighted by atomic mass is 16.3. The molecule has 6 N–H and O–H groups in total. The molecule has 0 bridgehead atoms. The van der Waals surface area contributed by atoms with Gasteiger partial charge in [0.05, 0.1) is 11.4 Å². The first-order valence-corrected chi connectivity index (χ1v) is 6.68. The molecular formula is C16H18N2O2. The van der Waals surface area contributed by atoms with Crippen molar-refractivity contribution in [2.75, 3.05) is 11.5 Å². The summed E-state index contributed by atoms with van der Waals surface area (Å²) in [4.78, 5) is 0. The van der Waals surface area contributed by atoms with Gasteiger partial charge in [-0.2, -0.15) is 0 Å². The van der Waals surface area contributed by atoms with Gasteiger partial charge in [0.1, 0.15) is 11.5 Å². The molecule has 0 fully saturated rings. The van der Waals surface area contributed by atoms with E-state index in [0.717, 1.165) is 17.5 Å². The molecule has 1 aliphatic rings. The van der Waals surface area contributed by atoms with E-state index in [0.29, 0.717) is 17.3 Å². The van der Waals surface area contributed by atoms with Crippen molar-refractivity contribution in [1.82, 2.24) is 0 Å². The Hall–Kier alpha value is -2.36. The molecule has 2 atom stereocenters. The summed E-state index contributed by atoms with van der Waals surface area (Å²) in [5.41, 5.74) is 15.7. The fraction of sp³-hybridized carbons (Fsp3) is 0.250. The highest BCUT2D eigenvalue weighted by Crippen LogP contribution is 2.48. The molecule has 2 aromatic carbocycles. The minimum Gasteiger partial charge on any atom is -0.506 e. The molecule has 3 rings (SSSR count). The summed E-state index contributed by atoms with van der Waals surface area (Å²) < 4.78 is 0. The third-order valence-corrected chi connectivity index (χ3v) is 4.18. The van der Waals surface area contributed by atoms with Gasteiger partial charge in [-0.25, -0.2) is 0 Å². The van der Waals surface area contributed by atoms with Crippen molar-refractivity contribution >= 4 is 11.4 Å². The van der Waals surface area contributed by atoms with E-state index in [2.05, 4.69) is 6.92 Å². The molecule has 0 amide bonds. The standard InChI is InChI=1S/C16H18N2O2/c1-8-4-11(9-2-3-15(19)13(17)5-9)12-7-16(20)14(18)6-10(8)12/h2-3,5-8,11,19-20H,4,17-18H2,1H3. The maximum Gasteiger partial charge on any atom is 0.138 e. The number of fused-ring (bicyclic) bond motifs is 1. The number of hydrogen-bond acceptors (Lipinski definition) is 4. The molecule has 0 radical (unpaired) electrons. The van der Waals surface area contributed by atoms with Gasteiger partial charge >= 0.3 is 0 Å². The Labute approximate surface area is 117 Å². The number of anilines is 2. The summed E-state index contributed by atoms with van der Waals surface area (Å²) in [6, 6.07) is 8.91. The zero-order valence-electron chi connectivity index (χ0n) is 11.3. The second kappa shape index (κ2) is 4.34. The number of aromatic hydroxyl groups is 2. The lowest BCUT2D eigenvalue weighted by Crippen LogP contribution is -1.98. The van der Waals surface area contributed by atoms with Crippen LogP contribution in [0, 0.1) is 0 Å². The molecule has 0 spiro atoms. The molecule has 0 saturated carbocycles. The van der Waals surface area contributed by atoms with Gasteiger partial charge in [0.2, 0.25) is 0 Å². The number of nitrogen functional groups attached to an aromatic ring is 2. The van der Waals surface area contributed by atoms with Crippen molar-refractivity contribution in [3.05, 3.63) is 47.0 Å². The summed E-state index contributed by atoms with van der Waals surface area (Å²) in [6.45, 7) is 2.15. The number of nitrogens with two attached hydrogens (primary N) is 2. The molecule has 0 saturated heterocycles. The molecule has 0 aromatic heterocycles. The van der Waals surface area contributed by atoms with Crippen molar-refractivity contribution in [3.8, 4) is 11.5 Å². The van der Waals surface area contributed by atoms with Crippen molar-refractivity contribution in [3.63, 3.8) is 0 Å². The number of rotatable bonds is 1. The SMILES string of the molecule is CC1CC(c2ccc(O)c(N)c2)c2cc(O)c(N)cc21. The van der Waals surface area contributed by atoms with E-state index in [1.165, 1.54) is 5.56 Å². The maximum atomic E-state index is 9.84. The second-order valence-electron chi connectivity index (χ2n) is 5.55. The predicted octanol–water partition coefficient (Wildman–Crippen LogP) is 2.90. The van der Waals surface area contributed by atoms with Gasteiger partial charge in [0.15, 0.2) is 0 Å². The first kappa shape index (κ1) is 12.7. The lowest BCUT2D eigenvalue weighted by molar-refractivity contribution is 0.476. The fourth-order valence-corrected chi connectivity index (χ4v) is 3.08. The first-order valence-electron chi connectivity index (χ1n) is 6.68. The largest absolute Gasteiger partial charge is 0.506 e. The van der Waals surface area contributed by atoms with E-state index < -0.39 is 0 Å². The predicted molar refractivity (Wildman–Crippen MR) is 79.9 cm³/mol.